The highest BCUT2D eigenvalue weighted by atomic mass is 16.5. The quantitative estimate of drug-likeness (QED) is 0.874. The van der Waals surface area contributed by atoms with E-state index in [9.17, 15) is 0 Å². The summed E-state index contributed by atoms with van der Waals surface area (Å²) < 4.78 is 5.59. The number of benzene rings is 1. The van der Waals surface area contributed by atoms with Crippen molar-refractivity contribution in [2.75, 3.05) is 13.7 Å². The summed E-state index contributed by atoms with van der Waals surface area (Å²) in [5, 5.41) is 3.67. The summed E-state index contributed by atoms with van der Waals surface area (Å²) in [6.07, 6.45) is 1.20. The van der Waals surface area contributed by atoms with Crippen LogP contribution in [-0.4, -0.2) is 19.7 Å². The van der Waals surface area contributed by atoms with Gasteiger partial charge in [0.25, 0.3) is 0 Å². The van der Waals surface area contributed by atoms with E-state index < -0.39 is 0 Å². The molecule has 1 aliphatic rings. The molecule has 1 fully saturated rings. The number of methoxy groups -OCH3 is 1. The van der Waals surface area contributed by atoms with Crippen LogP contribution in [0.4, 0.5) is 0 Å². The molecule has 0 saturated carbocycles. The fraction of sp³-hybridized carbons (Fsp3) is 0.647. The predicted octanol–water partition coefficient (Wildman–Crippen LogP) is 3.80. The lowest BCUT2D eigenvalue weighted by atomic mass is 9.82. The molecular weight excluding hydrogens is 234 g/mol. The monoisotopic (exact) mass is 261 g/mol. The molecule has 2 atom stereocenters. The van der Waals surface area contributed by atoms with Crippen LogP contribution in [0.15, 0.2) is 12.1 Å². The minimum Gasteiger partial charge on any atom is -0.496 e. The second kappa shape index (κ2) is 5.16. The average molecular weight is 261 g/mol. The fourth-order valence-electron chi connectivity index (χ4n) is 2.94. The van der Waals surface area contributed by atoms with Crippen molar-refractivity contribution >= 4 is 0 Å². The second-order valence-corrected chi connectivity index (χ2v) is 6.94. The van der Waals surface area contributed by atoms with E-state index in [0.29, 0.717) is 17.4 Å². The fourth-order valence-corrected chi connectivity index (χ4v) is 2.94. The van der Waals surface area contributed by atoms with Crippen LogP contribution in [0.2, 0.25) is 0 Å². The summed E-state index contributed by atoms with van der Waals surface area (Å²) in [6, 6.07) is 5.07. The molecular formula is C17H27NO. The largest absolute Gasteiger partial charge is 0.496 e. The molecule has 0 aliphatic carbocycles. The van der Waals surface area contributed by atoms with E-state index in [1.807, 2.05) is 0 Å². The lowest BCUT2D eigenvalue weighted by Gasteiger charge is -2.27. The van der Waals surface area contributed by atoms with Crippen molar-refractivity contribution < 1.29 is 4.74 Å². The van der Waals surface area contributed by atoms with Gasteiger partial charge in [-0.15, -0.1) is 0 Å². The van der Waals surface area contributed by atoms with Crippen LogP contribution in [0.5, 0.6) is 5.75 Å². The van der Waals surface area contributed by atoms with Gasteiger partial charge in [0.2, 0.25) is 0 Å². The first-order valence-electron chi connectivity index (χ1n) is 7.21. The van der Waals surface area contributed by atoms with Crippen molar-refractivity contribution in [3.8, 4) is 5.75 Å². The summed E-state index contributed by atoms with van der Waals surface area (Å²) in [6.45, 7) is 12.3. The first-order chi connectivity index (χ1) is 8.82. The topological polar surface area (TPSA) is 21.3 Å². The third-order valence-corrected chi connectivity index (χ3v) is 4.46. The lowest BCUT2D eigenvalue weighted by molar-refractivity contribution is 0.293. The van der Waals surface area contributed by atoms with Gasteiger partial charge in [-0.25, -0.2) is 0 Å². The Morgan fingerprint density at radius 1 is 1.16 bits per heavy atom. The Morgan fingerprint density at radius 2 is 1.79 bits per heavy atom. The molecule has 0 radical (unpaired) electrons. The van der Waals surface area contributed by atoms with Crippen molar-refractivity contribution in [3.63, 3.8) is 0 Å². The molecule has 0 amide bonds. The first kappa shape index (κ1) is 14.4. The SMILES string of the molecule is COc1cc(C)c(C)cc1C1CNC(C(C)(C)C)C1. The Hall–Kier alpha value is -1.02. The van der Waals surface area contributed by atoms with E-state index in [1.54, 1.807) is 7.11 Å². The predicted molar refractivity (Wildman–Crippen MR) is 81.1 cm³/mol. The maximum Gasteiger partial charge on any atom is 0.122 e. The molecule has 1 N–H and O–H groups in total. The minimum atomic E-state index is 0.321. The van der Waals surface area contributed by atoms with Crippen LogP contribution in [0, 0.1) is 19.3 Å². The molecule has 2 unspecified atom stereocenters. The lowest BCUT2D eigenvalue weighted by Crippen LogP contribution is -2.34. The van der Waals surface area contributed by atoms with Gasteiger partial charge >= 0.3 is 0 Å². The summed E-state index contributed by atoms with van der Waals surface area (Å²) >= 11 is 0. The smallest absolute Gasteiger partial charge is 0.122 e. The molecule has 1 aromatic rings. The average Bonchev–Trinajstić information content (AvgIpc) is 2.81. The Balaban J connectivity index is 2.26. The molecule has 2 rings (SSSR count). The Kier molecular flexibility index (Phi) is 3.91. The van der Waals surface area contributed by atoms with E-state index in [0.717, 1.165) is 12.3 Å². The van der Waals surface area contributed by atoms with E-state index in [1.165, 1.54) is 23.1 Å². The van der Waals surface area contributed by atoms with Gasteiger partial charge in [0.05, 0.1) is 7.11 Å². The zero-order chi connectivity index (χ0) is 14.2. The zero-order valence-corrected chi connectivity index (χ0v) is 13.1. The molecule has 1 aromatic carbocycles. The molecule has 0 spiro atoms. The van der Waals surface area contributed by atoms with E-state index in [4.69, 9.17) is 4.74 Å². The van der Waals surface area contributed by atoms with E-state index >= 15 is 0 Å². The minimum absolute atomic E-state index is 0.321. The maximum atomic E-state index is 5.59. The van der Waals surface area contributed by atoms with Gasteiger partial charge in [-0.05, 0) is 48.4 Å². The van der Waals surface area contributed by atoms with E-state index in [2.05, 4.69) is 52.1 Å². The molecule has 0 aromatic heterocycles. The molecule has 2 nitrogen and oxygen atoms in total. The third kappa shape index (κ3) is 2.94. The number of ether oxygens (including phenoxy) is 1. The number of rotatable bonds is 2. The van der Waals surface area contributed by atoms with Crippen LogP contribution < -0.4 is 10.1 Å². The van der Waals surface area contributed by atoms with Gasteiger partial charge in [0.1, 0.15) is 5.75 Å². The third-order valence-electron chi connectivity index (χ3n) is 4.46. The summed E-state index contributed by atoms with van der Waals surface area (Å²) in [4.78, 5) is 0. The van der Waals surface area contributed by atoms with Gasteiger partial charge in [-0.2, -0.15) is 0 Å². The number of hydrogen-bond donors (Lipinski definition) is 1. The second-order valence-electron chi connectivity index (χ2n) is 6.94. The Morgan fingerprint density at radius 3 is 2.32 bits per heavy atom. The molecule has 2 heteroatoms. The first-order valence-corrected chi connectivity index (χ1v) is 7.21. The van der Waals surface area contributed by atoms with Gasteiger partial charge < -0.3 is 10.1 Å². The van der Waals surface area contributed by atoms with Gasteiger partial charge in [0.15, 0.2) is 0 Å². The molecule has 19 heavy (non-hydrogen) atoms. The number of nitrogens with one attached hydrogen (secondary N) is 1. The highest BCUT2D eigenvalue weighted by Crippen LogP contribution is 2.38. The Bertz CT molecular complexity index is 459. The van der Waals surface area contributed by atoms with Gasteiger partial charge in [-0.1, -0.05) is 26.8 Å². The highest BCUT2D eigenvalue weighted by Gasteiger charge is 2.34. The summed E-state index contributed by atoms with van der Waals surface area (Å²) in [5.41, 5.74) is 4.35. The van der Waals surface area contributed by atoms with Gasteiger partial charge in [-0.3, -0.25) is 0 Å². The molecule has 1 saturated heterocycles. The van der Waals surface area contributed by atoms with Crippen molar-refractivity contribution in [2.45, 2.75) is 53.0 Å². The number of hydrogen-bond acceptors (Lipinski definition) is 2. The zero-order valence-electron chi connectivity index (χ0n) is 13.1. The van der Waals surface area contributed by atoms with Crippen LogP contribution in [0.25, 0.3) is 0 Å². The normalized spacial score (nSPS) is 23.7. The highest BCUT2D eigenvalue weighted by molar-refractivity contribution is 5.44. The van der Waals surface area contributed by atoms with Crippen molar-refractivity contribution in [3.05, 3.63) is 28.8 Å². The van der Waals surface area contributed by atoms with Crippen molar-refractivity contribution in [2.24, 2.45) is 5.41 Å². The summed E-state index contributed by atoms with van der Waals surface area (Å²) in [5.74, 6) is 1.61. The number of aryl methyl sites for hydroxylation is 2. The van der Waals surface area contributed by atoms with Crippen LogP contribution in [-0.2, 0) is 0 Å². The van der Waals surface area contributed by atoms with Crippen molar-refractivity contribution in [1.82, 2.24) is 5.32 Å². The van der Waals surface area contributed by atoms with Gasteiger partial charge in [0, 0.05) is 18.5 Å². The molecule has 0 bridgehead atoms. The molecule has 1 heterocycles. The van der Waals surface area contributed by atoms with Crippen LogP contribution in [0.3, 0.4) is 0 Å². The Labute approximate surface area is 117 Å². The molecule has 1 aliphatic heterocycles. The van der Waals surface area contributed by atoms with Crippen LogP contribution >= 0.6 is 0 Å². The van der Waals surface area contributed by atoms with Crippen molar-refractivity contribution in [1.29, 1.82) is 0 Å². The maximum absolute atomic E-state index is 5.59. The summed E-state index contributed by atoms with van der Waals surface area (Å²) in [7, 11) is 1.78. The standard InChI is InChI=1S/C17H27NO/c1-11-7-14(15(19-6)8-12(11)2)13-9-16(18-10-13)17(3,4)5/h7-8,13,16,18H,9-10H2,1-6H3. The van der Waals surface area contributed by atoms with E-state index in [-0.39, 0.29) is 0 Å². The van der Waals surface area contributed by atoms with Crippen LogP contribution in [0.1, 0.15) is 49.8 Å². The molecule has 106 valence electrons.